The molecule has 1 aliphatic carbocycles. The van der Waals surface area contributed by atoms with Gasteiger partial charge in [-0.3, -0.25) is 9.59 Å². The number of hydrogen-bond acceptors (Lipinski definition) is 3. The van der Waals surface area contributed by atoms with Gasteiger partial charge in [0.15, 0.2) is 5.60 Å². The van der Waals surface area contributed by atoms with Crippen molar-refractivity contribution in [3.63, 3.8) is 0 Å². The average Bonchev–Trinajstić information content (AvgIpc) is 2.72. The maximum atomic E-state index is 12.9. The second kappa shape index (κ2) is 4.34. The molecule has 4 nitrogen and oxygen atoms in total. The Balaban J connectivity index is 1.94. The molecule has 2 atom stereocenters. The van der Waals surface area contributed by atoms with Gasteiger partial charge in [-0.25, -0.2) is 0 Å². The molecule has 3 rings (SSSR count). The van der Waals surface area contributed by atoms with Crippen LogP contribution in [0.5, 0.6) is 0 Å². The molecule has 1 amide bonds. The maximum absolute atomic E-state index is 12.9. The van der Waals surface area contributed by atoms with E-state index in [4.69, 9.17) is 4.74 Å². The zero-order valence-corrected chi connectivity index (χ0v) is 13.9. The van der Waals surface area contributed by atoms with Gasteiger partial charge in [0.05, 0.1) is 5.41 Å². The van der Waals surface area contributed by atoms with Crippen molar-refractivity contribution in [1.82, 2.24) is 0 Å². The number of ether oxygens (including phenoxy) is 1. The molecule has 118 valence electrons. The molecule has 1 aromatic carbocycles. The van der Waals surface area contributed by atoms with Crippen LogP contribution in [-0.4, -0.2) is 17.5 Å². The summed E-state index contributed by atoms with van der Waals surface area (Å²) >= 11 is 0. The number of rotatable bonds is 2. The largest absolute Gasteiger partial charge is 0.448 e. The van der Waals surface area contributed by atoms with E-state index in [0.717, 1.165) is 16.8 Å². The van der Waals surface area contributed by atoms with Gasteiger partial charge in [-0.05, 0) is 45.2 Å². The van der Waals surface area contributed by atoms with Crippen LogP contribution in [0.1, 0.15) is 44.7 Å². The Bertz CT molecular complexity index is 679. The molecule has 1 heterocycles. The smallest absolute Gasteiger partial charge is 0.313 e. The van der Waals surface area contributed by atoms with Crippen LogP contribution in [0, 0.1) is 24.7 Å². The lowest BCUT2D eigenvalue weighted by molar-refractivity contribution is -0.165. The van der Waals surface area contributed by atoms with Gasteiger partial charge >= 0.3 is 5.97 Å². The van der Waals surface area contributed by atoms with Crippen molar-refractivity contribution in [3.8, 4) is 0 Å². The molecule has 22 heavy (non-hydrogen) atoms. The van der Waals surface area contributed by atoms with Gasteiger partial charge < -0.3 is 10.1 Å². The number of fused-ring (bicyclic) bond motifs is 2. The summed E-state index contributed by atoms with van der Waals surface area (Å²) < 4.78 is 5.61. The van der Waals surface area contributed by atoms with Gasteiger partial charge in [0.25, 0.3) is 5.91 Å². The van der Waals surface area contributed by atoms with Crippen molar-refractivity contribution in [2.24, 2.45) is 10.8 Å². The summed E-state index contributed by atoms with van der Waals surface area (Å²) in [4.78, 5) is 25.2. The second-order valence-electron chi connectivity index (χ2n) is 7.45. The van der Waals surface area contributed by atoms with Gasteiger partial charge in [-0.1, -0.05) is 31.5 Å². The fourth-order valence-electron chi connectivity index (χ4n) is 3.92. The summed E-state index contributed by atoms with van der Waals surface area (Å²) in [7, 11) is 0. The summed E-state index contributed by atoms with van der Waals surface area (Å²) in [5.74, 6) is -0.460. The SMILES string of the molecule is Cc1ccc(NC(=O)[C@]23CC[C@@](C)(C(=O)O2)C3(C)C)c(C)c1. The molecule has 0 radical (unpaired) electrons. The van der Waals surface area contributed by atoms with Crippen molar-refractivity contribution in [3.05, 3.63) is 29.3 Å². The molecule has 0 unspecified atom stereocenters. The standard InChI is InChI=1S/C18H23NO3/c1-11-6-7-13(12(2)10-11)19-14(20)18-9-8-17(5,15(21)22-18)16(18,3)4/h6-7,10H,8-9H2,1-5H3,(H,19,20)/t17-,18-/m0/s1. The van der Waals surface area contributed by atoms with Gasteiger partial charge in [0.1, 0.15) is 0 Å². The molecule has 0 aromatic heterocycles. The van der Waals surface area contributed by atoms with Gasteiger partial charge in [0.2, 0.25) is 0 Å². The van der Waals surface area contributed by atoms with Crippen molar-refractivity contribution >= 4 is 17.6 Å². The highest BCUT2D eigenvalue weighted by Gasteiger charge is 2.75. The minimum absolute atomic E-state index is 0.209. The number of aryl methyl sites for hydroxylation is 2. The first kappa shape index (κ1) is 15.1. The first-order valence-electron chi connectivity index (χ1n) is 7.76. The summed E-state index contributed by atoms with van der Waals surface area (Å²) in [5.41, 5.74) is 0.780. The monoisotopic (exact) mass is 301 g/mol. The highest BCUT2D eigenvalue weighted by Crippen LogP contribution is 2.65. The van der Waals surface area contributed by atoms with Crippen molar-refractivity contribution < 1.29 is 14.3 Å². The molecule has 1 N–H and O–H groups in total. The van der Waals surface area contributed by atoms with Crippen molar-refractivity contribution in [2.45, 2.75) is 53.1 Å². The van der Waals surface area contributed by atoms with Crippen LogP contribution in [-0.2, 0) is 14.3 Å². The van der Waals surface area contributed by atoms with Gasteiger partial charge in [-0.15, -0.1) is 0 Å². The van der Waals surface area contributed by atoms with E-state index in [-0.39, 0.29) is 11.9 Å². The van der Waals surface area contributed by atoms with Crippen LogP contribution in [0.4, 0.5) is 5.69 Å². The lowest BCUT2D eigenvalue weighted by Gasteiger charge is -2.35. The van der Waals surface area contributed by atoms with E-state index in [9.17, 15) is 9.59 Å². The van der Waals surface area contributed by atoms with E-state index in [1.807, 2.05) is 52.8 Å². The number of carbonyl (C=O) groups excluding carboxylic acids is 2. The highest BCUT2D eigenvalue weighted by molar-refractivity contribution is 6.03. The zero-order valence-electron chi connectivity index (χ0n) is 13.9. The van der Waals surface area contributed by atoms with E-state index in [0.29, 0.717) is 12.8 Å². The molecule has 0 spiro atoms. The third kappa shape index (κ3) is 1.64. The normalized spacial score (nSPS) is 32.0. The predicted molar refractivity (Wildman–Crippen MR) is 84.5 cm³/mol. The lowest BCUT2D eigenvalue weighted by Crippen LogP contribution is -2.50. The van der Waals surface area contributed by atoms with Gasteiger partial charge in [0, 0.05) is 11.1 Å². The summed E-state index contributed by atoms with van der Waals surface area (Å²) in [5, 5.41) is 2.98. The van der Waals surface area contributed by atoms with Crippen LogP contribution in [0.3, 0.4) is 0 Å². The Labute approximate surface area is 131 Å². The first-order valence-corrected chi connectivity index (χ1v) is 7.76. The fourth-order valence-corrected chi connectivity index (χ4v) is 3.92. The Kier molecular flexibility index (Phi) is 2.97. The van der Waals surface area contributed by atoms with Crippen LogP contribution in [0.15, 0.2) is 18.2 Å². The second-order valence-corrected chi connectivity index (χ2v) is 7.45. The summed E-state index contributed by atoms with van der Waals surface area (Å²) in [6.07, 6.45) is 1.28. The molecule has 2 bridgehead atoms. The van der Waals surface area contributed by atoms with Crippen LogP contribution in [0.25, 0.3) is 0 Å². The number of amides is 1. The fraction of sp³-hybridized carbons (Fsp3) is 0.556. The molecule has 2 aliphatic rings. The zero-order chi connectivity index (χ0) is 16.3. The maximum Gasteiger partial charge on any atom is 0.313 e. The molecule has 2 fully saturated rings. The van der Waals surface area contributed by atoms with E-state index < -0.39 is 16.4 Å². The first-order chi connectivity index (χ1) is 10.1. The van der Waals surface area contributed by atoms with Crippen molar-refractivity contribution in [2.75, 3.05) is 5.32 Å². The van der Waals surface area contributed by atoms with E-state index in [2.05, 4.69) is 5.32 Å². The number of hydrogen-bond donors (Lipinski definition) is 1. The van der Waals surface area contributed by atoms with E-state index in [1.165, 1.54) is 0 Å². The minimum atomic E-state index is -1.06. The molecular weight excluding hydrogens is 278 g/mol. The van der Waals surface area contributed by atoms with E-state index in [1.54, 1.807) is 0 Å². The van der Waals surface area contributed by atoms with Crippen molar-refractivity contribution in [1.29, 1.82) is 0 Å². The third-order valence-corrected chi connectivity index (χ3v) is 6.08. The number of benzene rings is 1. The van der Waals surface area contributed by atoms with Crippen LogP contribution in [0.2, 0.25) is 0 Å². The molecule has 1 aromatic rings. The van der Waals surface area contributed by atoms with E-state index >= 15 is 0 Å². The minimum Gasteiger partial charge on any atom is -0.448 e. The van der Waals surface area contributed by atoms with Crippen LogP contribution >= 0.6 is 0 Å². The Morgan fingerprint density at radius 1 is 1.18 bits per heavy atom. The molecule has 1 saturated heterocycles. The molecule has 1 saturated carbocycles. The Morgan fingerprint density at radius 3 is 2.36 bits per heavy atom. The molecule has 4 heteroatoms. The topological polar surface area (TPSA) is 55.4 Å². The lowest BCUT2D eigenvalue weighted by atomic mass is 9.66. The number of anilines is 1. The number of esters is 1. The average molecular weight is 301 g/mol. The number of nitrogens with one attached hydrogen (secondary N) is 1. The van der Waals surface area contributed by atoms with Gasteiger partial charge in [-0.2, -0.15) is 0 Å². The highest BCUT2D eigenvalue weighted by atomic mass is 16.6. The molecule has 1 aliphatic heterocycles. The summed E-state index contributed by atoms with van der Waals surface area (Å²) in [6.45, 7) is 9.82. The van der Waals surface area contributed by atoms with Crippen LogP contribution < -0.4 is 5.32 Å². The summed E-state index contributed by atoms with van der Waals surface area (Å²) in [6, 6.07) is 5.89. The third-order valence-electron chi connectivity index (χ3n) is 6.08. The Hall–Kier alpha value is -1.84. The quantitative estimate of drug-likeness (QED) is 0.852. The Morgan fingerprint density at radius 2 is 1.86 bits per heavy atom. The predicted octanol–water partition coefficient (Wildman–Crippen LogP) is 3.36. The molecular formula is C18H23NO3. The number of carbonyl (C=O) groups is 2.